The summed E-state index contributed by atoms with van der Waals surface area (Å²) in [5.74, 6) is -0.00268. The van der Waals surface area contributed by atoms with Crippen molar-refractivity contribution in [1.29, 1.82) is 0 Å². The van der Waals surface area contributed by atoms with Crippen molar-refractivity contribution in [3.63, 3.8) is 0 Å². The number of piperidine rings is 1. The third kappa shape index (κ3) is 4.66. The van der Waals surface area contributed by atoms with Gasteiger partial charge in [0.2, 0.25) is 0 Å². The number of hydrogen-bond donors (Lipinski definition) is 2. The number of halogens is 3. The lowest BCUT2D eigenvalue weighted by molar-refractivity contribution is 0.335. The van der Waals surface area contributed by atoms with E-state index < -0.39 is 0 Å². The molecule has 0 radical (unpaired) electrons. The van der Waals surface area contributed by atoms with E-state index in [1.54, 1.807) is 12.1 Å². The van der Waals surface area contributed by atoms with Gasteiger partial charge in [0.05, 0.1) is 6.04 Å². The molecule has 124 valence electrons. The van der Waals surface area contributed by atoms with Crippen LogP contribution in [0.2, 0.25) is 0 Å². The molecule has 0 bridgehead atoms. The molecule has 3 rings (SSSR count). The predicted molar refractivity (Wildman–Crippen MR) is 92.0 cm³/mol. The van der Waals surface area contributed by atoms with E-state index in [-0.39, 0.29) is 30.1 Å². The fourth-order valence-corrected chi connectivity index (χ4v) is 3.05. The molecule has 1 fully saturated rings. The van der Waals surface area contributed by atoms with Crippen molar-refractivity contribution >= 4 is 18.1 Å². The molecule has 0 saturated carbocycles. The van der Waals surface area contributed by atoms with Gasteiger partial charge in [-0.1, -0.05) is 12.1 Å². The molecule has 0 spiro atoms. The SMILES string of the molecule is Cl.Fc1ccc(NC(c2ccc(F)cc2)C2CCNCC2)cc1. The molecule has 1 aliphatic rings. The smallest absolute Gasteiger partial charge is 0.123 e. The van der Waals surface area contributed by atoms with Crippen molar-refractivity contribution in [3.8, 4) is 0 Å². The lowest BCUT2D eigenvalue weighted by Crippen LogP contribution is -2.33. The van der Waals surface area contributed by atoms with Crippen molar-refractivity contribution in [2.75, 3.05) is 18.4 Å². The van der Waals surface area contributed by atoms with Crippen LogP contribution in [0.25, 0.3) is 0 Å². The zero-order valence-electron chi connectivity index (χ0n) is 12.8. The summed E-state index contributed by atoms with van der Waals surface area (Å²) < 4.78 is 26.3. The lowest BCUT2D eigenvalue weighted by atomic mass is 9.85. The standard InChI is InChI=1S/C18H20F2N2.ClH/c19-15-3-1-13(2-4-15)18(14-9-11-21-12-10-14)22-17-7-5-16(20)6-8-17;/h1-8,14,18,21-22H,9-12H2;1H. The van der Waals surface area contributed by atoms with Gasteiger partial charge in [0.25, 0.3) is 0 Å². The summed E-state index contributed by atoms with van der Waals surface area (Å²) in [5.41, 5.74) is 1.95. The highest BCUT2D eigenvalue weighted by molar-refractivity contribution is 5.85. The van der Waals surface area contributed by atoms with E-state index in [1.807, 2.05) is 12.1 Å². The van der Waals surface area contributed by atoms with Gasteiger partial charge < -0.3 is 10.6 Å². The summed E-state index contributed by atoms with van der Waals surface area (Å²) >= 11 is 0. The summed E-state index contributed by atoms with van der Waals surface area (Å²) in [5, 5.41) is 6.86. The second-order valence-corrected chi connectivity index (χ2v) is 5.77. The molecule has 0 amide bonds. The van der Waals surface area contributed by atoms with Gasteiger partial charge in [-0.05, 0) is 73.8 Å². The Morgan fingerprint density at radius 3 is 1.96 bits per heavy atom. The number of anilines is 1. The van der Waals surface area contributed by atoms with Gasteiger partial charge in [-0.2, -0.15) is 0 Å². The Morgan fingerprint density at radius 1 is 0.870 bits per heavy atom. The van der Waals surface area contributed by atoms with Crippen LogP contribution in [0.1, 0.15) is 24.4 Å². The number of hydrogen-bond acceptors (Lipinski definition) is 2. The first-order valence-electron chi connectivity index (χ1n) is 7.70. The molecule has 2 aromatic carbocycles. The van der Waals surface area contributed by atoms with Crippen molar-refractivity contribution in [2.45, 2.75) is 18.9 Å². The molecule has 1 atom stereocenters. The van der Waals surface area contributed by atoms with Crippen LogP contribution in [0, 0.1) is 17.6 Å². The van der Waals surface area contributed by atoms with Crippen LogP contribution < -0.4 is 10.6 Å². The molecule has 1 heterocycles. The normalized spacial score (nSPS) is 16.4. The first-order chi connectivity index (χ1) is 10.7. The van der Waals surface area contributed by atoms with Crippen LogP contribution in [-0.4, -0.2) is 13.1 Å². The Kier molecular flexibility index (Phi) is 6.37. The maximum Gasteiger partial charge on any atom is 0.123 e. The van der Waals surface area contributed by atoms with Crippen LogP contribution in [0.4, 0.5) is 14.5 Å². The highest BCUT2D eigenvalue weighted by Crippen LogP contribution is 2.32. The molecule has 2 N–H and O–H groups in total. The van der Waals surface area contributed by atoms with Crippen LogP contribution in [-0.2, 0) is 0 Å². The maximum absolute atomic E-state index is 13.2. The molecule has 5 heteroatoms. The lowest BCUT2D eigenvalue weighted by Gasteiger charge is -2.32. The van der Waals surface area contributed by atoms with E-state index in [4.69, 9.17) is 0 Å². The minimum Gasteiger partial charge on any atom is -0.378 e. The Morgan fingerprint density at radius 2 is 1.39 bits per heavy atom. The fraction of sp³-hybridized carbons (Fsp3) is 0.333. The molecule has 2 aromatic rings. The Bertz CT molecular complexity index is 595. The largest absolute Gasteiger partial charge is 0.378 e. The number of rotatable bonds is 4. The van der Waals surface area contributed by atoms with Crippen LogP contribution in [0.3, 0.4) is 0 Å². The van der Waals surface area contributed by atoms with Gasteiger partial charge in [0, 0.05) is 5.69 Å². The third-order valence-electron chi connectivity index (χ3n) is 4.25. The van der Waals surface area contributed by atoms with E-state index in [0.29, 0.717) is 5.92 Å². The average Bonchev–Trinajstić information content (AvgIpc) is 2.56. The summed E-state index contributed by atoms with van der Waals surface area (Å²) in [4.78, 5) is 0. The van der Waals surface area contributed by atoms with Gasteiger partial charge >= 0.3 is 0 Å². The van der Waals surface area contributed by atoms with Crippen LogP contribution in [0.15, 0.2) is 48.5 Å². The third-order valence-corrected chi connectivity index (χ3v) is 4.25. The molecule has 1 saturated heterocycles. The van der Waals surface area contributed by atoms with E-state index >= 15 is 0 Å². The fourth-order valence-electron chi connectivity index (χ4n) is 3.05. The van der Waals surface area contributed by atoms with Gasteiger partial charge in [0.1, 0.15) is 11.6 Å². The zero-order chi connectivity index (χ0) is 15.4. The quantitative estimate of drug-likeness (QED) is 0.855. The van der Waals surface area contributed by atoms with Gasteiger partial charge in [-0.15, -0.1) is 12.4 Å². The summed E-state index contributed by atoms with van der Waals surface area (Å²) in [7, 11) is 0. The van der Waals surface area contributed by atoms with Gasteiger partial charge in [0.15, 0.2) is 0 Å². The number of benzene rings is 2. The van der Waals surface area contributed by atoms with E-state index in [1.165, 1.54) is 24.3 Å². The monoisotopic (exact) mass is 338 g/mol. The number of nitrogens with one attached hydrogen (secondary N) is 2. The van der Waals surface area contributed by atoms with Crippen molar-refractivity contribution in [3.05, 3.63) is 65.7 Å². The summed E-state index contributed by atoms with van der Waals surface area (Å²) in [6.07, 6.45) is 2.13. The Balaban J connectivity index is 0.00000192. The maximum atomic E-state index is 13.2. The summed E-state index contributed by atoms with van der Waals surface area (Å²) in [6, 6.07) is 13.1. The van der Waals surface area contributed by atoms with Crippen LogP contribution >= 0.6 is 12.4 Å². The van der Waals surface area contributed by atoms with Crippen LogP contribution in [0.5, 0.6) is 0 Å². The molecule has 0 aliphatic carbocycles. The highest BCUT2D eigenvalue weighted by Gasteiger charge is 2.25. The minimum atomic E-state index is -0.245. The second kappa shape index (κ2) is 8.27. The van der Waals surface area contributed by atoms with Crippen molar-refractivity contribution in [1.82, 2.24) is 5.32 Å². The molecule has 1 aliphatic heterocycles. The highest BCUT2D eigenvalue weighted by atomic mass is 35.5. The van der Waals surface area contributed by atoms with Crippen molar-refractivity contribution in [2.24, 2.45) is 5.92 Å². The topological polar surface area (TPSA) is 24.1 Å². The second-order valence-electron chi connectivity index (χ2n) is 5.77. The predicted octanol–water partition coefficient (Wildman–Crippen LogP) is 4.54. The molecule has 2 nitrogen and oxygen atoms in total. The Hall–Kier alpha value is -1.65. The van der Waals surface area contributed by atoms with Crippen molar-refractivity contribution < 1.29 is 8.78 Å². The first kappa shape index (κ1) is 17.7. The van der Waals surface area contributed by atoms with Gasteiger partial charge in [-0.25, -0.2) is 8.78 Å². The minimum absolute atomic E-state index is 0. The van der Waals surface area contributed by atoms with E-state index in [9.17, 15) is 8.78 Å². The van der Waals surface area contributed by atoms with E-state index in [0.717, 1.165) is 37.2 Å². The first-order valence-corrected chi connectivity index (χ1v) is 7.70. The van der Waals surface area contributed by atoms with E-state index in [2.05, 4.69) is 10.6 Å². The zero-order valence-corrected chi connectivity index (χ0v) is 13.6. The average molecular weight is 339 g/mol. The molecule has 23 heavy (non-hydrogen) atoms. The molecule has 0 aromatic heterocycles. The Labute approximate surface area is 141 Å². The summed E-state index contributed by atoms with van der Waals surface area (Å²) in [6.45, 7) is 1.99. The molecule has 1 unspecified atom stereocenters. The molecular weight excluding hydrogens is 318 g/mol. The van der Waals surface area contributed by atoms with Gasteiger partial charge in [-0.3, -0.25) is 0 Å². The molecular formula is C18H21ClF2N2.